The molecule has 1 aromatic heterocycles. The Hall–Kier alpha value is -3.08. The third-order valence-corrected chi connectivity index (χ3v) is 4.45. The molecule has 0 unspecified atom stereocenters. The average Bonchev–Trinajstić information content (AvgIpc) is 2.66. The van der Waals surface area contributed by atoms with E-state index in [-0.39, 0.29) is 5.91 Å². The first-order chi connectivity index (χ1) is 12.6. The van der Waals surface area contributed by atoms with Crippen molar-refractivity contribution in [2.75, 3.05) is 20.3 Å². The second-order valence-electron chi connectivity index (χ2n) is 6.47. The van der Waals surface area contributed by atoms with Crippen LogP contribution < -0.4 is 9.47 Å². The first kappa shape index (κ1) is 16.4. The molecule has 0 spiro atoms. The van der Waals surface area contributed by atoms with Gasteiger partial charge >= 0.3 is 0 Å². The zero-order valence-corrected chi connectivity index (χ0v) is 14.9. The van der Waals surface area contributed by atoms with E-state index in [4.69, 9.17) is 9.47 Å². The maximum Gasteiger partial charge on any atom is 0.254 e. The van der Waals surface area contributed by atoms with Gasteiger partial charge in [-0.25, -0.2) is 0 Å². The van der Waals surface area contributed by atoms with Crippen molar-refractivity contribution in [2.45, 2.75) is 13.5 Å². The Morgan fingerprint density at radius 2 is 1.85 bits per heavy atom. The van der Waals surface area contributed by atoms with E-state index in [0.29, 0.717) is 25.3 Å². The van der Waals surface area contributed by atoms with Crippen molar-refractivity contribution in [1.29, 1.82) is 0 Å². The van der Waals surface area contributed by atoms with Crippen LogP contribution in [0.2, 0.25) is 0 Å². The first-order valence-electron chi connectivity index (χ1n) is 8.62. The number of aryl methyl sites for hydroxylation is 1. The van der Waals surface area contributed by atoms with Crippen molar-refractivity contribution in [3.05, 3.63) is 65.4 Å². The number of benzene rings is 2. The first-order valence-corrected chi connectivity index (χ1v) is 8.62. The molecule has 0 saturated heterocycles. The van der Waals surface area contributed by atoms with E-state index < -0.39 is 0 Å². The molecular formula is C21H20N2O3. The average molecular weight is 348 g/mol. The molecular weight excluding hydrogens is 328 g/mol. The molecule has 5 heteroatoms. The van der Waals surface area contributed by atoms with E-state index in [9.17, 15) is 4.79 Å². The molecule has 0 fully saturated rings. The molecule has 3 aromatic rings. The second-order valence-corrected chi connectivity index (χ2v) is 6.47. The number of carbonyl (C=O) groups is 1. The summed E-state index contributed by atoms with van der Waals surface area (Å²) in [6.07, 6.45) is 0. The van der Waals surface area contributed by atoms with Gasteiger partial charge < -0.3 is 14.4 Å². The molecule has 5 nitrogen and oxygen atoms in total. The minimum Gasteiger partial charge on any atom is -0.486 e. The van der Waals surface area contributed by atoms with Gasteiger partial charge in [-0.3, -0.25) is 9.78 Å². The van der Waals surface area contributed by atoms with Crippen LogP contribution in [0.3, 0.4) is 0 Å². The lowest BCUT2D eigenvalue weighted by molar-refractivity contribution is 0.0786. The van der Waals surface area contributed by atoms with Gasteiger partial charge in [0.2, 0.25) is 0 Å². The number of ether oxygens (including phenoxy) is 2. The van der Waals surface area contributed by atoms with Crippen LogP contribution in [0.4, 0.5) is 0 Å². The van der Waals surface area contributed by atoms with Gasteiger partial charge in [-0.15, -0.1) is 0 Å². The Balaban J connectivity index is 1.61. The Bertz CT molecular complexity index is 984. The minimum atomic E-state index is -0.0263. The molecule has 2 heterocycles. The predicted molar refractivity (Wildman–Crippen MR) is 99.7 cm³/mol. The Labute approximate surface area is 152 Å². The third-order valence-electron chi connectivity index (χ3n) is 4.45. The smallest absolute Gasteiger partial charge is 0.254 e. The third kappa shape index (κ3) is 3.08. The highest BCUT2D eigenvalue weighted by molar-refractivity contribution is 6.06. The summed E-state index contributed by atoms with van der Waals surface area (Å²) in [5.74, 6) is 1.46. The monoisotopic (exact) mass is 348 g/mol. The van der Waals surface area contributed by atoms with E-state index in [1.54, 1.807) is 4.90 Å². The molecule has 0 radical (unpaired) electrons. The van der Waals surface area contributed by atoms with Crippen LogP contribution in [-0.4, -0.2) is 36.1 Å². The molecule has 0 atom stereocenters. The number of fused-ring (bicyclic) bond motifs is 2. The molecule has 4 rings (SSSR count). The van der Waals surface area contributed by atoms with Gasteiger partial charge in [0, 0.05) is 24.7 Å². The summed E-state index contributed by atoms with van der Waals surface area (Å²) in [7, 11) is 1.81. The molecule has 0 saturated carbocycles. The molecule has 132 valence electrons. The maximum absolute atomic E-state index is 13.0. The van der Waals surface area contributed by atoms with Gasteiger partial charge in [0.15, 0.2) is 11.5 Å². The fraction of sp³-hybridized carbons (Fsp3) is 0.238. The van der Waals surface area contributed by atoms with Crippen molar-refractivity contribution in [2.24, 2.45) is 0 Å². The predicted octanol–water partition coefficient (Wildman–Crippen LogP) is 3.59. The fourth-order valence-corrected chi connectivity index (χ4v) is 3.22. The molecule has 0 N–H and O–H groups in total. The molecule has 26 heavy (non-hydrogen) atoms. The van der Waals surface area contributed by atoms with Gasteiger partial charge in [-0.1, -0.05) is 24.3 Å². The molecule has 2 aromatic carbocycles. The summed E-state index contributed by atoms with van der Waals surface area (Å²) in [6, 6.07) is 15.4. The number of rotatable bonds is 3. The van der Waals surface area contributed by atoms with Crippen molar-refractivity contribution in [3.63, 3.8) is 0 Å². The summed E-state index contributed by atoms with van der Waals surface area (Å²) >= 11 is 0. The van der Waals surface area contributed by atoms with E-state index in [1.165, 1.54) is 0 Å². The zero-order valence-electron chi connectivity index (χ0n) is 14.9. The Morgan fingerprint density at radius 1 is 1.08 bits per heavy atom. The quantitative estimate of drug-likeness (QED) is 0.726. The number of aromatic nitrogens is 1. The van der Waals surface area contributed by atoms with Crippen LogP contribution in [0.25, 0.3) is 10.9 Å². The number of hydrogen-bond donors (Lipinski definition) is 0. The summed E-state index contributed by atoms with van der Waals surface area (Å²) in [6.45, 7) is 3.52. The Kier molecular flexibility index (Phi) is 4.21. The number of hydrogen-bond acceptors (Lipinski definition) is 4. The van der Waals surface area contributed by atoms with Crippen LogP contribution in [0.5, 0.6) is 11.5 Å². The van der Waals surface area contributed by atoms with Crippen LogP contribution in [0, 0.1) is 6.92 Å². The van der Waals surface area contributed by atoms with Crippen molar-refractivity contribution >= 4 is 16.8 Å². The number of para-hydroxylation sites is 1. The summed E-state index contributed by atoms with van der Waals surface area (Å²) in [4.78, 5) is 19.3. The number of pyridine rings is 1. The zero-order chi connectivity index (χ0) is 18.1. The van der Waals surface area contributed by atoms with Crippen LogP contribution >= 0.6 is 0 Å². The summed E-state index contributed by atoms with van der Waals surface area (Å²) < 4.78 is 11.2. The lowest BCUT2D eigenvalue weighted by Gasteiger charge is -2.21. The lowest BCUT2D eigenvalue weighted by Crippen LogP contribution is -2.26. The Morgan fingerprint density at radius 3 is 2.69 bits per heavy atom. The maximum atomic E-state index is 13.0. The highest BCUT2D eigenvalue weighted by Gasteiger charge is 2.18. The highest BCUT2D eigenvalue weighted by atomic mass is 16.6. The van der Waals surface area contributed by atoms with Gasteiger partial charge in [0.25, 0.3) is 5.91 Å². The highest BCUT2D eigenvalue weighted by Crippen LogP contribution is 2.31. The van der Waals surface area contributed by atoms with E-state index >= 15 is 0 Å². The summed E-state index contributed by atoms with van der Waals surface area (Å²) in [5, 5.41) is 0.872. The number of amides is 1. The molecule has 1 aliphatic rings. The lowest BCUT2D eigenvalue weighted by atomic mass is 10.1. The molecule has 0 aliphatic carbocycles. The topological polar surface area (TPSA) is 51.7 Å². The van der Waals surface area contributed by atoms with Crippen molar-refractivity contribution < 1.29 is 14.3 Å². The molecule has 1 aliphatic heterocycles. The minimum absolute atomic E-state index is 0.0263. The van der Waals surface area contributed by atoms with Crippen LogP contribution in [-0.2, 0) is 6.54 Å². The molecule has 1 amide bonds. The number of carbonyl (C=O) groups excluding carboxylic acids is 1. The van der Waals surface area contributed by atoms with Crippen molar-refractivity contribution in [1.82, 2.24) is 9.88 Å². The van der Waals surface area contributed by atoms with Crippen LogP contribution in [0.1, 0.15) is 21.6 Å². The second kappa shape index (κ2) is 6.67. The van der Waals surface area contributed by atoms with E-state index in [1.807, 2.05) is 62.5 Å². The number of nitrogens with zero attached hydrogens (tertiary/aromatic N) is 2. The normalized spacial score (nSPS) is 12.8. The van der Waals surface area contributed by atoms with Gasteiger partial charge in [0.1, 0.15) is 13.2 Å². The van der Waals surface area contributed by atoms with Gasteiger partial charge in [-0.2, -0.15) is 0 Å². The van der Waals surface area contributed by atoms with E-state index in [0.717, 1.165) is 33.7 Å². The molecule has 0 bridgehead atoms. The summed E-state index contributed by atoms with van der Waals surface area (Å²) in [5.41, 5.74) is 3.34. The largest absolute Gasteiger partial charge is 0.486 e. The van der Waals surface area contributed by atoms with E-state index in [2.05, 4.69) is 4.98 Å². The standard InChI is InChI=1S/C21H20N2O3/c1-14-11-17(16-5-3-4-6-18(16)22-14)21(24)23(2)13-15-7-8-19-20(12-15)26-10-9-25-19/h3-8,11-12H,9-10,13H2,1-2H3. The van der Waals surface area contributed by atoms with Crippen LogP contribution in [0.15, 0.2) is 48.5 Å². The van der Waals surface area contributed by atoms with Gasteiger partial charge in [-0.05, 0) is 36.8 Å². The van der Waals surface area contributed by atoms with Gasteiger partial charge in [0.05, 0.1) is 11.1 Å². The SMILES string of the molecule is Cc1cc(C(=O)N(C)Cc2ccc3c(c2)OCCO3)c2ccccc2n1. The van der Waals surface area contributed by atoms with Crippen molar-refractivity contribution in [3.8, 4) is 11.5 Å². The fourth-order valence-electron chi connectivity index (χ4n) is 3.22.